The van der Waals surface area contributed by atoms with Gasteiger partial charge in [-0.1, -0.05) is 39.0 Å². The summed E-state index contributed by atoms with van der Waals surface area (Å²) >= 11 is 0. The summed E-state index contributed by atoms with van der Waals surface area (Å²) in [4.78, 5) is 12.7. The van der Waals surface area contributed by atoms with Gasteiger partial charge in [0.1, 0.15) is 0 Å². The number of benzene rings is 2. The Hall–Kier alpha value is -2.18. The monoisotopic (exact) mass is 372 g/mol. The van der Waals surface area contributed by atoms with E-state index in [0.717, 1.165) is 24.1 Å². The van der Waals surface area contributed by atoms with Crippen LogP contribution in [0.5, 0.6) is 0 Å². The first kappa shape index (κ1) is 18.6. The van der Waals surface area contributed by atoms with Gasteiger partial charge in [-0.3, -0.25) is 4.79 Å². The summed E-state index contributed by atoms with van der Waals surface area (Å²) in [5.74, 6) is -0.263. The molecule has 1 aliphatic carbocycles. The fourth-order valence-electron chi connectivity index (χ4n) is 2.71. The van der Waals surface area contributed by atoms with E-state index in [1.165, 1.54) is 24.3 Å². The molecule has 5 nitrogen and oxygen atoms in total. The fourth-order valence-corrected chi connectivity index (χ4v) is 4.02. The minimum Gasteiger partial charge on any atom is -0.322 e. The molecular formula is C20H24N2O3S. The Labute approximate surface area is 154 Å². The largest absolute Gasteiger partial charge is 0.322 e. The lowest BCUT2D eigenvalue weighted by Crippen LogP contribution is -2.25. The van der Waals surface area contributed by atoms with Crippen molar-refractivity contribution in [1.29, 1.82) is 0 Å². The number of sulfonamides is 1. The van der Waals surface area contributed by atoms with Crippen LogP contribution < -0.4 is 10.0 Å². The third-order valence-corrected chi connectivity index (χ3v) is 5.85. The highest BCUT2D eigenvalue weighted by atomic mass is 32.2. The lowest BCUT2D eigenvalue weighted by atomic mass is 9.86. The molecule has 0 radical (unpaired) electrons. The van der Waals surface area contributed by atoms with Crippen LogP contribution in [0.4, 0.5) is 5.69 Å². The lowest BCUT2D eigenvalue weighted by Gasteiger charge is -2.23. The molecule has 6 heteroatoms. The normalized spacial score (nSPS) is 14.9. The predicted molar refractivity (Wildman–Crippen MR) is 103 cm³/mol. The number of carbonyl (C=O) groups excluding carboxylic acids is 1. The molecular weight excluding hydrogens is 348 g/mol. The second kappa shape index (κ2) is 6.85. The molecule has 2 aromatic rings. The van der Waals surface area contributed by atoms with Crippen molar-refractivity contribution >= 4 is 21.6 Å². The van der Waals surface area contributed by atoms with E-state index >= 15 is 0 Å². The van der Waals surface area contributed by atoms with Crippen LogP contribution >= 0.6 is 0 Å². The quantitative estimate of drug-likeness (QED) is 0.841. The molecule has 1 saturated carbocycles. The highest BCUT2D eigenvalue weighted by Gasteiger charge is 2.28. The van der Waals surface area contributed by atoms with Gasteiger partial charge in [0.2, 0.25) is 10.0 Å². The SMILES string of the molecule is CC(C)(C)c1ccccc1NC(=O)c1ccc(S(=O)(=O)NC2CC2)cc1. The molecule has 2 aromatic carbocycles. The van der Waals surface area contributed by atoms with E-state index in [0.29, 0.717) is 5.56 Å². The summed E-state index contributed by atoms with van der Waals surface area (Å²) in [5, 5.41) is 2.93. The van der Waals surface area contributed by atoms with Crippen LogP contribution in [0.1, 0.15) is 49.5 Å². The second-order valence-electron chi connectivity index (χ2n) is 7.67. The van der Waals surface area contributed by atoms with Gasteiger partial charge in [-0.2, -0.15) is 0 Å². The van der Waals surface area contributed by atoms with Gasteiger partial charge < -0.3 is 5.32 Å². The average molecular weight is 372 g/mol. The van der Waals surface area contributed by atoms with E-state index in [9.17, 15) is 13.2 Å². The summed E-state index contributed by atoms with van der Waals surface area (Å²) in [5.41, 5.74) is 2.12. The van der Waals surface area contributed by atoms with Crippen LogP contribution in [0.2, 0.25) is 0 Å². The number of hydrogen-bond acceptors (Lipinski definition) is 3. The number of anilines is 1. The Morgan fingerprint density at radius 2 is 1.62 bits per heavy atom. The molecule has 138 valence electrons. The van der Waals surface area contributed by atoms with Crippen molar-refractivity contribution in [2.45, 2.75) is 50.0 Å². The van der Waals surface area contributed by atoms with Gasteiger partial charge in [-0.15, -0.1) is 0 Å². The zero-order valence-corrected chi connectivity index (χ0v) is 16.1. The van der Waals surface area contributed by atoms with Gasteiger partial charge in [-0.05, 0) is 54.2 Å². The third kappa shape index (κ3) is 4.31. The van der Waals surface area contributed by atoms with Gasteiger partial charge in [0.25, 0.3) is 5.91 Å². The van der Waals surface area contributed by atoms with Crippen LogP contribution in [0.15, 0.2) is 53.4 Å². The molecule has 0 aliphatic heterocycles. The van der Waals surface area contributed by atoms with Crippen LogP contribution in [0.3, 0.4) is 0 Å². The zero-order valence-electron chi connectivity index (χ0n) is 15.2. The molecule has 0 aromatic heterocycles. The smallest absolute Gasteiger partial charge is 0.255 e. The van der Waals surface area contributed by atoms with E-state index in [4.69, 9.17) is 0 Å². The van der Waals surface area contributed by atoms with Crippen molar-refractivity contribution in [3.63, 3.8) is 0 Å². The van der Waals surface area contributed by atoms with Gasteiger partial charge in [0, 0.05) is 17.3 Å². The molecule has 0 atom stereocenters. The molecule has 0 saturated heterocycles. The third-order valence-electron chi connectivity index (χ3n) is 4.31. The topological polar surface area (TPSA) is 75.3 Å². The van der Waals surface area contributed by atoms with Crippen molar-refractivity contribution in [2.75, 3.05) is 5.32 Å². The van der Waals surface area contributed by atoms with Gasteiger partial charge in [-0.25, -0.2) is 13.1 Å². The van der Waals surface area contributed by atoms with Gasteiger partial charge >= 0.3 is 0 Å². The summed E-state index contributed by atoms with van der Waals surface area (Å²) in [7, 11) is -3.51. The first-order valence-corrected chi connectivity index (χ1v) is 10.2. The maximum Gasteiger partial charge on any atom is 0.255 e. The molecule has 0 heterocycles. The van der Waals surface area contributed by atoms with E-state index in [1.54, 1.807) is 0 Å². The minimum absolute atomic E-state index is 0.0527. The second-order valence-corrected chi connectivity index (χ2v) is 9.38. The Bertz CT molecular complexity index is 909. The van der Waals surface area contributed by atoms with E-state index in [1.807, 2.05) is 24.3 Å². The molecule has 1 aliphatic rings. The van der Waals surface area contributed by atoms with Crippen LogP contribution in [-0.2, 0) is 15.4 Å². The molecule has 2 N–H and O–H groups in total. The highest BCUT2D eigenvalue weighted by molar-refractivity contribution is 7.89. The van der Waals surface area contributed by atoms with Crippen molar-refractivity contribution in [3.05, 3.63) is 59.7 Å². The van der Waals surface area contributed by atoms with Crippen molar-refractivity contribution < 1.29 is 13.2 Å². The number of nitrogens with one attached hydrogen (secondary N) is 2. The molecule has 3 rings (SSSR count). The number of rotatable bonds is 5. The van der Waals surface area contributed by atoms with Crippen molar-refractivity contribution in [2.24, 2.45) is 0 Å². The number of amides is 1. The van der Waals surface area contributed by atoms with Crippen molar-refractivity contribution in [1.82, 2.24) is 4.72 Å². The highest BCUT2D eigenvalue weighted by Crippen LogP contribution is 2.29. The Balaban J connectivity index is 1.77. The number of hydrogen-bond donors (Lipinski definition) is 2. The van der Waals surface area contributed by atoms with E-state index < -0.39 is 10.0 Å². The average Bonchev–Trinajstić information content (AvgIpc) is 3.38. The first-order chi connectivity index (χ1) is 12.2. The molecule has 0 unspecified atom stereocenters. The molecule has 0 bridgehead atoms. The van der Waals surface area contributed by atoms with Crippen LogP contribution in [0, 0.1) is 0 Å². The maximum atomic E-state index is 12.6. The van der Waals surface area contributed by atoms with E-state index in [2.05, 4.69) is 30.8 Å². The molecule has 0 spiro atoms. The number of carbonyl (C=O) groups is 1. The molecule has 26 heavy (non-hydrogen) atoms. The summed E-state index contributed by atoms with van der Waals surface area (Å²) in [6.45, 7) is 6.26. The maximum absolute atomic E-state index is 12.6. The predicted octanol–water partition coefficient (Wildman–Crippen LogP) is 3.68. The van der Waals surface area contributed by atoms with Crippen LogP contribution in [-0.4, -0.2) is 20.4 Å². The zero-order chi connectivity index (χ0) is 18.9. The lowest BCUT2D eigenvalue weighted by molar-refractivity contribution is 0.102. The minimum atomic E-state index is -3.51. The summed E-state index contributed by atoms with van der Waals surface area (Å²) in [6, 6.07) is 13.8. The Kier molecular flexibility index (Phi) is 4.90. The Morgan fingerprint density at radius 3 is 2.19 bits per heavy atom. The first-order valence-electron chi connectivity index (χ1n) is 8.70. The number of para-hydroxylation sites is 1. The van der Waals surface area contributed by atoms with Crippen LogP contribution in [0.25, 0.3) is 0 Å². The summed E-state index contributed by atoms with van der Waals surface area (Å²) in [6.07, 6.45) is 1.76. The van der Waals surface area contributed by atoms with Gasteiger partial charge in [0.05, 0.1) is 4.90 Å². The molecule has 1 fully saturated rings. The molecule has 1 amide bonds. The Morgan fingerprint density at radius 1 is 1.00 bits per heavy atom. The van der Waals surface area contributed by atoms with E-state index in [-0.39, 0.29) is 22.3 Å². The summed E-state index contributed by atoms with van der Waals surface area (Å²) < 4.78 is 27.0. The standard InChI is InChI=1S/C20H24N2O3S/c1-20(2,3)17-6-4-5-7-18(17)21-19(23)14-8-12-16(13-9-14)26(24,25)22-15-10-11-15/h4-9,12-13,15,22H,10-11H2,1-3H3,(H,21,23). The fraction of sp³-hybridized carbons (Fsp3) is 0.350. The van der Waals surface area contributed by atoms with Gasteiger partial charge in [0.15, 0.2) is 0 Å². The van der Waals surface area contributed by atoms with Crippen molar-refractivity contribution in [3.8, 4) is 0 Å².